The predicted molar refractivity (Wildman–Crippen MR) is 117 cm³/mol. The molecular weight excluding hydrogens is 451 g/mol. The molecule has 3 amide bonds. The third-order valence-electron chi connectivity index (χ3n) is 5.78. The van der Waals surface area contributed by atoms with Gasteiger partial charge in [-0.25, -0.2) is 14.8 Å². The largest absolute Gasteiger partial charge is 0.574 e. The molecule has 0 saturated carbocycles. The zero-order valence-electron chi connectivity index (χ0n) is 18.7. The van der Waals surface area contributed by atoms with Gasteiger partial charge in [-0.3, -0.25) is 4.79 Å². The first-order valence-electron chi connectivity index (χ1n) is 10.9. The van der Waals surface area contributed by atoms with Crippen LogP contribution in [0.15, 0.2) is 47.7 Å². The molecule has 3 heterocycles. The number of ether oxygens (including phenoxy) is 1. The number of pyridine rings is 1. The molecule has 0 radical (unpaired) electrons. The molecule has 0 aliphatic carbocycles. The summed E-state index contributed by atoms with van der Waals surface area (Å²) in [6.45, 7) is 4.48. The summed E-state index contributed by atoms with van der Waals surface area (Å²) in [6.07, 6.45) is -2.38. The van der Waals surface area contributed by atoms with Crippen LogP contribution in [0.4, 0.5) is 18.0 Å². The van der Waals surface area contributed by atoms with E-state index in [4.69, 9.17) is 0 Å². The third kappa shape index (κ3) is 5.29. The smallest absolute Gasteiger partial charge is 0.388 e. The van der Waals surface area contributed by atoms with E-state index in [-0.39, 0.29) is 18.5 Å². The van der Waals surface area contributed by atoms with Crippen LogP contribution < -0.4 is 10.1 Å². The molecule has 8 nitrogen and oxygen atoms in total. The van der Waals surface area contributed by atoms with E-state index in [1.165, 1.54) is 17.3 Å². The second kappa shape index (κ2) is 9.32. The van der Waals surface area contributed by atoms with Gasteiger partial charge in [0.2, 0.25) is 11.8 Å². The highest BCUT2D eigenvalue weighted by atomic mass is 19.4. The fourth-order valence-corrected chi connectivity index (χ4v) is 4.01. The molecule has 1 fully saturated rings. The van der Waals surface area contributed by atoms with E-state index in [0.717, 1.165) is 23.6 Å². The third-order valence-corrected chi connectivity index (χ3v) is 5.78. The standard InChI is InChI=1S/C23H24F3N5O3/c1-14-5-7-16(8-6-14)21-18(30-11-3-4-20(30)32)13-31(29-21)22(33)28-15(2)17-9-10-19(27-12-17)34-23(24,25)26/h5-10,12,15,18H,3-4,11,13H2,1-2H3,(H,28,33)/t15?,18-/m0/s1. The predicted octanol–water partition coefficient (Wildman–Crippen LogP) is 3.77. The van der Waals surface area contributed by atoms with Crippen molar-refractivity contribution in [1.82, 2.24) is 20.2 Å². The summed E-state index contributed by atoms with van der Waals surface area (Å²) in [5.74, 6) is -0.549. The molecule has 1 N–H and O–H groups in total. The Bertz CT molecular complexity index is 1090. The lowest BCUT2D eigenvalue weighted by Crippen LogP contribution is -2.46. The molecule has 34 heavy (non-hydrogen) atoms. The van der Waals surface area contributed by atoms with Crippen LogP contribution in [0.3, 0.4) is 0 Å². The van der Waals surface area contributed by atoms with Crippen molar-refractivity contribution in [1.29, 1.82) is 0 Å². The van der Waals surface area contributed by atoms with Crippen LogP contribution >= 0.6 is 0 Å². The average Bonchev–Trinajstić information content (AvgIpc) is 3.40. The molecule has 4 rings (SSSR count). The van der Waals surface area contributed by atoms with Crippen molar-refractivity contribution in [2.24, 2.45) is 5.10 Å². The number of likely N-dealkylation sites (tertiary alicyclic amines) is 1. The molecule has 11 heteroatoms. The van der Waals surface area contributed by atoms with Crippen molar-refractivity contribution in [3.05, 3.63) is 59.3 Å². The minimum Gasteiger partial charge on any atom is -0.388 e. The minimum atomic E-state index is -4.83. The number of benzene rings is 1. The number of carbonyl (C=O) groups excluding carboxylic acids is 2. The van der Waals surface area contributed by atoms with Crippen molar-refractivity contribution in [3.63, 3.8) is 0 Å². The van der Waals surface area contributed by atoms with Gasteiger partial charge in [0.05, 0.1) is 24.3 Å². The van der Waals surface area contributed by atoms with Crippen LogP contribution in [0.2, 0.25) is 0 Å². The lowest BCUT2D eigenvalue weighted by Gasteiger charge is -2.25. The molecule has 180 valence electrons. The van der Waals surface area contributed by atoms with Crippen molar-refractivity contribution >= 4 is 17.6 Å². The first kappa shape index (κ1) is 23.5. The highest BCUT2D eigenvalue weighted by Gasteiger charge is 2.39. The lowest BCUT2D eigenvalue weighted by atomic mass is 10.0. The Balaban J connectivity index is 1.48. The SMILES string of the molecule is Cc1ccc(C2=NN(C(=O)NC(C)c3ccc(OC(F)(F)F)nc3)C[C@@H]2N2CCCC2=O)cc1. The summed E-state index contributed by atoms with van der Waals surface area (Å²) in [5, 5.41) is 8.60. The summed E-state index contributed by atoms with van der Waals surface area (Å²) in [7, 11) is 0. The average molecular weight is 475 g/mol. The Kier molecular flexibility index (Phi) is 6.45. The van der Waals surface area contributed by atoms with Crippen LogP contribution in [-0.2, 0) is 4.79 Å². The van der Waals surface area contributed by atoms with Gasteiger partial charge in [-0.1, -0.05) is 35.9 Å². The molecule has 0 bridgehead atoms. The summed E-state index contributed by atoms with van der Waals surface area (Å²) >= 11 is 0. The molecule has 0 spiro atoms. The number of hydrogen-bond acceptors (Lipinski definition) is 5. The fourth-order valence-electron chi connectivity index (χ4n) is 4.01. The number of carbonyl (C=O) groups is 2. The lowest BCUT2D eigenvalue weighted by molar-refractivity contribution is -0.276. The Morgan fingerprint density at radius 2 is 1.94 bits per heavy atom. The van der Waals surface area contributed by atoms with Gasteiger partial charge in [-0.15, -0.1) is 13.2 Å². The maximum absolute atomic E-state index is 13.0. The number of aryl methyl sites for hydroxylation is 1. The van der Waals surface area contributed by atoms with Gasteiger partial charge >= 0.3 is 12.4 Å². The van der Waals surface area contributed by atoms with Gasteiger partial charge in [0.25, 0.3) is 0 Å². The van der Waals surface area contributed by atoms with Crippen LogP contribution in [0.1, 0.15) is 42.5 Å². The number of alkyl halides is 3. The molecule has 1 unspecified atom stereocenters. The quantitative estimate of drug-likeness (QED) is 0.713. The summed E-state index contributed by atoms with van der Waals surface area (Å²) in [6, 6.07) is 8.84. The Labute approximate surface area is 194 Å². The van der Waals surface area contributed by atoms with E-state index in [0.29, 0.717) is 24.2 Å². The van der Waals surface area contributed by atoms with Crippen molar-refractivity contribution in [3.8, 4) is 5.88 Å². The number of urea groups is 1. The number of aromatic nitrogens is 1. The highest BCUT2D eigenvalue weighted by molar-refractivity contribution is 6.08. The van der Waals surface area contributed by atoms with E-state index >= 15 is 0 Å². The van der Waals surface area contributed by atoms with Gasteiger partial charge in [-0.05, 0) is 31.4 Å². The fraction of sp³-hybridized carbons (Fsp3) is 0.391. The van der Waals surface area contributed by atoms with Gasteiger partial charge in [-0.2, -0.15) is 5.10 Å². The van der Waals surface area contributed by atoms with E-state index in [1.54, 1.807) is 11.8 Å². The van der Waals surface area contributed by atoms with E-state index in [2.05, 4.69) is 20.1 Å². The van der Waals surface area contributed by atoms with E-state index in [9.17, 15) is 22.8 Å². The van der Waals surface area contributed by atoms with Crippen molar-refractivity contribution in [2.45, 2.75) is 45.1 Å². The summed E-state index contributed by atoms with van der Waals surface area (Å²) in [4.78, 5) is 30.8. The van der Waals surface area contributed by atoms with Gasteiger partial charge < -0.3 is 15.0 Å². The molecular formula is C23H24F3N5O3. The van der Waals surface area contributed by atoms with Gasteiger partial charge in [0.1, 0.15) is 0 Å². The normalized spacial score (nSPS) is 19.3. The van der Waals surface area contributed by atoms with Gasteiger partial charge in [0, 0.05) is 25.2 Å². The minimum absolute atomic E-state index is 0.0349. The Hall–Kier alpha value is -3.63. The second-order valence-corrected chi connectivity index (χ2v) is 8.29. The van der Waals surface area contributed by atoms with Crippen LogP contribution in [0.5, 0.6) is 5.88 Å². The second-order valence-electron chi connectivity index (χ2n) is 8.29. The van der Waals surface area contributed by atoms with Crippen LogP contribution in [0.25, 0.3) is 0 Å². The molecule has 1 aromatic heterocycles. The van der Waals surface area contributed by atoms with Gasteiger partial charge in [0.15, 0.2) is 0 Å². The Morgan fingerprint density at radius 3 is 2.53 bits per heavy atom. The zero-order chi connectivity index (χ0) is 24.5. The Morgan fingerprint density at radius 1 is 1.21 bits per heavy atom. The number of nitrogens with one attached hydrogen (secondary N) is 1. The monoisotopic (exact) mass is 475 g/mol. The summed E-state index contributed by atoms with van der Waals surface area (Å²) in [5.41, 5.74) is 3.06. The first-order chi connectivity index (χ1) is 16.1. The molecule has 1 aromatic carbocycles. The van der Waals surface area contributed by atoms with E-state index < -0.39 is 24.3 Å². The van der Waals surface area contributed by atoms with Crippen LogP contribution in [-0.4, -0.2) is 58.0 Å². The zero-order valence-corrected chi connectivity index (χ0v) is 18.7. The molecule has 2 aromatic rings. The van der Waals surface area contributed by atoms with E-state index in [1.807, 2.05) is 31.2 Å². The molecule has 2 aliphatic rings. The maximum atomic E-state index is 13.0. The maximum Gasteiger partial charge on any atom is 0.574 e. The number of rotatable bonds is 5. The number of hydrazone groups is 1. The number of nitrogens with zero attached hydrogens (tertiary/aromatic N) is 4. The number of amides is 3. The molecule has 1 saturated heterocycles. The van der Waals surface area contributed by atoms with Crippen molar-refractivity contribution in [2.75, 3.05) is 13.1 Å². The number of halogens is 3. The first-order valence-corrected chi connectivity index (χ1v) is 10.9. The topological polar surface area (TPSA) is 87.1 Å². The molecule has 2 aliphatic heterocycles. The highest BCUT2D eigenvalue weighted by Crippen LogP contribution is 2.25. The van der Waals surface area contributed by atoms with Crippen molar-refractivity contribution < 1.29 is 27.5 Å². The number of hydrogen-bond donors (Lipinski definition) is 1. The molecule has 2 atom stereocenters. The van der Waals surface area contributed by atoms with Crippen LogP contribution in [0, 0.1) is 6.92 Å². The summed E-state index contributed by atoms with van der Waals surface area (Å²) < 4.78 is 40.7.